The Morgan fingerprint density at radius 2 is 1.62 bits per heavy atom. The largest absolute Gasteiger partial charge is 0.336 e. The van der Waals surface area contributed by atoms with Crippen molar-refractivity contribution in [1.29, 1.82) is 0 Å². The third kappa shape index (κ3) is 4.39. The van der Waals surface area contributed by atoms with Crippen molar-refractivity contribution < 1.29 is 13.2 Å². The van der Waals surface area contributed by atoms with Gasteiger partial charge in [0.15, 0.2) is 9.84 Å². The maximum Gasteiger partial charge on any atom is 0.254 e. The fourth-order valence-corrected chi connectivity index (χ4v) is 5.01. The molecule has 2 aromatic carbocycles. The second-order valence-electron chi connectivity index (χ2n) is 7.30. The molecule has 0 aliphatic carbocycles. The van der Waals surface area contributed by atoms with E-state index in [9.17, 15) is 13.2 Å². The molecule has 5 nitrogen and oxygen atoms in total. The highest BCUT2D eigenvalue weighted by molar-refractivity contribution is 7.94. The monoisotopic (exact) mass is 432 g/mol. The molecule has 1 amide bonds. The van der Waals surface area contributed by atoms with Crippen molar-refractivity contribution >= 4 is 34.2 Å². The van der Waals surface area contributed by atoms with Crippen molar-refractivity contribution in [2.45, 2.75) is 24.8 Å². The van der Waals surface area contributed by atoms with Crippen LogP contribution in [0.15, 0.2) is 52.8 Å². The Morgan fingerprint density at radius 3 is 2.28 bits per heavy atom. The highest BCUT2D eigenvalue weighted by atomic mass is 35.5. The van der Waals surface area contributed by atoms with E-state index < -0.39 is 9.84 Å². The van der Waals surface area contributed by atoms with Crippen molar-refractivity contribution in [3.05, 3.63) is 70.1 Å². The summed E-state index contributed by atoms with van der Waals surface area (Å²) >= 11 is 0. The third-order valence-electron chi connectivity index (χ3n) is 5.51. The van der Waals surface area contributed by atoms with Crippen LogP contribution in [0.1, 0.15) is 34.0 Å². The molecule has 0 aromatic heterocycles. The van der Waals surface area contributed by atoms with Crippen molar-refractivity contribution in [3.63, 3.8) is 0 Å². The minimum Gasteiger partial charge on any atom is -0.336 e. The van der Waals surface area contributed by atoms with E-state index in [1.807, 2.05) is 4.90 Å². The Labute approximate surface area is 178 Å². The number of halogens is 1. The molecule has 0 N–H and O–H groups in total. The fourth-order valence-electron chi connectivity index (χ4n) is 3.80. The van der Waals surface area contributed by atoms with Crippen LogP contribution in [0.25, 0.3) is 6.08 Å². The summed E-state index contributed by atoms with van der Waals surface area (Å²) in [6.07, 6.45) is 2.58. The van der Waals surface area contributed by atoms with Crippen LogP contribution in [0.5, 0.6) is 0 Å². The van der Waals surface area contributed by atoms with Gasteiger partial charge in [-0.1, -0.05) is 37.3 Å². The van der Waals surface area contributed by atoms with Gasteiger partial charge >= 0.3 is 0 Å². The summed E-state index contributed by atoms with van der Waals surface area (Å²) in [7, 11) is -3.40. The molecular weight excluding hydrogens is 408 g/mol. The smallest absolute Gasteiger partial charge is 0.254 e. The van der Waals surface area contributed by atoms with Crippen molar-refractivity contribution in [2.75, 3.05) is 26.2 Å². The quantitative estimate of drug-likeness (QED) is 0.743. The topological polar surface area (TPSA) is 57.7 Å². The van der Waals surface area contributed by atoms with E-state index in [2.05, 4.69) is 36.1 Å². The lowest BCUT2D eigenvalue weighted by Crippen LogP contribution is -2.48. The average Bonchev–Trinajstić information content (AvgIpc) is 3.04. The lowest BCUT2D eigenvalue weighted by molar-refractivity contribution is 0.0628. The molecule has 1 saturated heterocycles. The Kier molecular flexibility index (Phi) is 6.46. The zero-order chi connectivity index (χ0) is 19.7. The predicted octanol–water partition coefficient (Wildman–Crippen LogP) is 3.39. The molecule has 0 unspecified atom stereocenters. The molecule has 0 bridgehead atoms. The number of piperazine rings is 1. The second kappa shape index (κ2) is 8.69. The second-order valence-corrected chi connectivity index (χ2v) is 9.11. The standard InChI is InChI=1S/C22H24N2O3S.ClH/c1-2-17-6-8-18(9-7-17)16-23-11-13-24(14-12-23)22(25)20-4-3-5-21-19(20)10-15-28(21,26)27;/h3-10,15H,2,11-14,16H2,1H3;1H. The Hall–Kier alpha value is -2.15. The summed E-state index contributed by atoms with van der Waals surface area (Å²) in [5, 5.41) is 1.18. The highest BCUT2D eigenvalue weighted by Crippen LogP contribution is 2.30. The van der Waals surface area contributed by atoms with Crippen LogP contribution in [0.2, 0.25) is 0 Å². The first-order valence-corrected chi connectivity index (χ1v) is 11.2. The first-order chi connectivity index (χ1) is 13.5. The number of carbonyl (C=O) groups is 1. The van der Waals surface area contributed by atoms with Gasteiger partial charge in [0, 0.05) is 49.3 Å². The van der Waals surface area contributed by atoms with Crippen LogP contribution in [0, 0.1) is 0 Å². The van der Waals surface area contributed by atoms with Crippen molar-refractivity contribution in [3.8, 4) is 0 Å². The summed E-state index contributed by atoms with van der Waals surface area (Å²) in [6, 6.07) is 13.6. The normalized spacial score (nSPS) is 17.6. The van der Waals surface area contributed by atoms with Gasteiger partial charge in [-0.05, 0) is 35.8 Å². The van der Waals surface area contributed by atoms with Gasteiger partial charge in [0.05, 0.1) is 4.90 Å². The first-order valence-electron chi connectivity index (χ1n) is 9.63. The van der Waals surface area contributed by atoms with Gasteiger partial charge in [0.1, 0.15) is 0 Å². The number of rotatable bonds is 4. The van der Waals surface area contributed by atoms with Crippen molar-refractivity contribution in [2.24, 2.45) is 0 Å². The molecule has 7 heteroatoms. The molecule has 0 atom stereocenters. The minimum absolute atomic E-state index is 0. The molecule has 1 fully saturated rings. The Bertz CT molecular complexity index is 1020. The van der Waals surface area contributed by atoms with Gasteiger partial charge < -0.3 is 4.90 Å². The Balaban J connectivity index is 0.00000240. The van der Waals surface area contributed by atoms with Crippen LogP contribution in [0.4, 0.5) is 0 Å². The predicted molar refractivity (Wildman–Crippen MR) is 117 cm³/mol. The van der Waals surface area contributed by atoms with Gasteiger partial charge in [-0.2, -0.15) is 0 Å². The molecule has 0 saturated carbocycles. The number of nitrogens with zero attached hydrogens (tertiary/aromatic N) is 2. The summed E-state index contributed by atoms with van der Waals surface area (Å²) < 4.78 is 24.1. The van der Waals surface area contributed by atoms with E-state index >= 15 is 0 Å². The van der Waals surface area contributed by atoms with Crippen LogP contribution >= 0.6 is 12.4 Å². The molecule has 29 heavy (non-hydrogen) atoms. The lowest BCUT2D eigenvalue weighted by atomic mass is 10.1. The van der Waals surface area contributed by atoms with Gasteiger partial charge in [0.25, 0.3) is 5.91 Å². The number of amides is 1. The van der Waals surface area contributed by atoms with E-state index in [1.165, 1.54) is 22.6 Å². The van der Waals surface area contributed by atoms with Crippen LogP contribution in [-0.2, 0) is 22.8 Å². The molecule has 2 aliphatic rings. The van der Waals surface area contributed by atoms with E-state index in [-0.39, 0.29) is 23.2 Å². The van der Waals surface area contributed by atoms with Crippen LogP contribution in [-0.4, -0.2) is 50.3 Å². The van der Waals surface area contributed by atoms with Crippen LogP contribution in [0.3, 0.4) is 0 Å². The average molecular weight is 433 g/mol. The molecule has 154 valence electrons. The summed E-state index contributed by atoms with van der Waals surface area (Å²) in [5.74, 6) is -0.0921. The summed E-state index contributed by atoms with van der Waals surface area (Å²) in [5.41, 5.74) is 3.61. The number of carbonyl (C=O) groups excluding carboxylic acids is 1. The number of sulfone groups is 1. The van der Waals surface area contributed by atoms with E-state index in [0.717, 1.165) is 26.1 Å². The number of hydrogen-bond acceptors (Lipinski definition) is 4. The Morgan fingerprint density at radius 1 is 0.966 bits per heavy atom. The van der Waals surface area contributed by atoms with Crippen molar-refractivity contribution in [1.82, 2.24) is 9.80 Å². The van der Waals surface area contributed by atoms with Gasteiger partial charge in [0.2, 0.25) is 0 Å². The van der Waals surface area contributed by atoms with E-state index in [1.54, 1.807) is 18.2 Å². The summed E-state index contributed by atoms with van der Waals surface area (Å²) in [6.45, 7) is 5.94. The first kappa shape index (κ1) is 21.6. The molecule has 2 aliphatic heterocycles. The zero-order valence-electron chi connectivity index (χ0n) is 16.4. The zero-order valence-corrected chi connectivity index (χ0v) is 18.0. The number of aryl methyl sites for hydroxylation is 1. The minimum atomic E-state index is -3.40. The lowest BCUT2D eigenvalue weighted by Gasteiger charge is -2.35. The van der Waals surface area contributed by atoms with E-state index in [0.29, 0.717) is 24.2 Å². The van der Waals surface area contributed by atoms with E-state index in [4.69, 9.17) is 0 Å². The number of hydrogen-bond donors (Lipinski definition) is 0. The molecule has 4 rings (SSSR count). The maximum atomic E-state index is 13.0. The third-order valence-corrected chi connectivity index (χ3v) is 6.98. The molecule has 0 spiro atoms. The van der Waals surface area contributed by atoms with Gasteiger partial charge in [-0.25, -0.2) is 8.42 Å². The number of fused-ring (bicyclic) bond motifs is 1. The highest BCUT2D eigenvalue weighted by Gasteiger charge is 2.28. The van der Waals surface area contributed by atoms with Gasteiger partial charge in [-0.15, -0.1) is 12.4 Å². The molecular formula is C22H25ClN2O3S. The van der Waals surface area contributed by atoms with Crippen LogP contribution < -0.4 is 0 Å². The van der Waals surface area contributed by atoms with Gasteiger partial charge in [-0.3, -0.25) is 9.69 Å². The molecule has 0 radical (unpaired) electrons. The number of benzene rings is 2. The molecule has 2 heterocycles. The summed E-state index contributed by atoms with van der Waals surface area (Å²) in [4.78, 5) is 17.4. The maximum absolute atomic E-state index is 13.0. The fraction of sp³-hybridized carbons (Fsp3) is 0.318. The SMILES string of the molecule is CCc1ccc(CN2CCN(C(=O)c3cccc4c3C=CS4(=O)=O)CC2)cc1.Cl. The molecule has 2 aromatic rings.